The Morgan fingerprint density at radius 3 is 2.83 bits per heavy atom. The van der Waals surface area contributed by atoms with Crippen molar-refractivity contribution in [2.24, 2.45) is 5.73 Å². The van der Waals surface area contributed by atoms with Gasteiger partial charge in [0.25, 0.3) is 0 Å². The first-order valence-electron chi connectivity index (χ1n) is 4.38. The van der Waals surface area contributed by atoms with Crippen molar-refractivity contribution in [3.05, 3.63) is 0 Å². The zero-order chi connectivity index (χ0) is 9.14. The molecule has 0 unspecified atom stereocenters. The summed E-state index contributed by atoms with van der Waals surface area (Å²) in [6.45, 7) is 6.85. The van der Waals surface area contributed by atoms with Crippen molar-refractivity contribution in [2.45, 2.75) is 25.9 Å². The maximum absolute atomic E-state index is 10.9. The Morgan fingerprint density at radius 2 is 2.33 bits per heavy atom. The maximum atomic E-state index is 10.9. The highest BCUT2D eigenvalue weighted by Gasteiger charge is 2.24. The summed E-state index contributed by atoms with van der Waals surface area (Å²) in [4.78, 5) is 13.1. The van der Waals surface area contributed by atoms with Crippen molar-refractivity contribution in [2.75, 3.05) is 19.6 Å². The molecule has 0 aromatic carbocycles. The van der Waals surface area contributed by atoms with Crippen LogP contribution in [0.3, 0.4) is 0 Å². The molecule has 4 nitrogen and oxygen atoms in total. The van der Waals surface area contributed by atoms with Crippen LogP contribution in [0.15, 0.2) is 0 Å². The quantitative estimate of drug-likeness (QED) is 0.569. The highest BCUT2D eigenvalue weighted by Crippen LogP contribution is 2.03. The first kappa shape index (κ1) is 9.48. The minimum atomic E-state index is -0.250. The maximum Gasteiger partial charge on any atom is 0.235 e. The van der Waals surface area contributed by atoms with Gasteiger partial charge in [0, 0.05) is 25.7 Å². The summed E-state index contributed by atoms with van der Waals surface area (Å²) in [5, 5.41) is 3.09. The molecule has 0 aromatic heterocycles. The van der Waals surface area contributed by atoms with Gasteiger partial charge in [-0.2, -0.15) is 0 Å². The normalized spacial score (nSPS) is 26.1. The van der Waals surface area contributed by atoms with Gasteiger partial charge in [0.05, 0.1) is 6.04 Å². The first-order chi connectivity index (χ1) is 5.61. The number of nitrogens with one attached hydrogen (secondary N) is 1. The van der Waals surface area contributed by atoms with Crippen LogP contribution in [0.2, 0.25) is 0 Å². The van der Waals surface area contributed by atoms with Crippen LogP contribution in [0.1, 0.15) is 13.8 Å². The Morgan fingerprint density at radius 1 is 1.67 bits per heavy atom. The molecule has 1 atom stereocenters. The number of hydrogen-bond donors (Lipinski definition) is 2. The first-order valence-corrected chi connectivity index (χ1v) is 4.38. The molecule has 70 valence electrons. The van der Waals surface area contributed by atoms with E-state index in [1.54, 1.807) is 0 Å². The number of rotatable bonds is 2. The molecule has 1 aliphatic heterocycles. The summed E-state index contributed by atoms with van der Waals surface area (Å²) < 4.78 is 0. The van der Waals surface area contributed by atoms with Gasteiger partial charge in [0.15, 0.2) is 0 Å². The summed E-state index contributed by atoms with van der Waals surface area (Å²) >= 11 is 0. The van der Waals surface area contributed by atoms with Crippen LogP contribution in [-0.4, -0.2) is 42.5 Å². The number of hydrogen-bond acceptors (Lipinski definition) is 3. The lowest BCUT2D eigenvalue weighted by Crippen LogP contribution is -2.57. The number of carbonyl (C=O) groups is 1. The third-order valence-corrected chi connectivity index (χ3v) is 2.28. The van der Waals surface area contributed by atoms with Crippen molar-refractivity contribution in [1.82, 2.24) is 10.2 Å². The number of carbonyl (C=O) groups excluding carboxylic acids is 1. The largest absolute Gasteiger partial charge is 0.368 e. The fraction of sp³-hybridized carbons (Fsp3) is 0.875. The van der Waals surface area contributed by atoms with E-state index in [9.17, 15) is 4.79 Å². The molecule has 1 fully saturated rings. The van der Waals surface area contributed by atoms with Crippen LogP contribution in [0, 0.1) is 0 Å². The third kappa shape index (κ3) is 2.19. The molecule has 1 aliphatic rings. The number of nitrogens with two attached hydrogens (primary N) is 1. The van der Waals surface area contributed by atoms with Gasteiger partial charge in [0.1, 0.15) is 0 Å². The molecule has 1 saturated heterocycles. The van der Waals surface area contributed by atoms with Crippen LogP contribution in [0.5, 0.6) is 0 Å². The standard InChI is InChI=1S/C8H17N3O/c1-6(2)11-4-3-10-7(5-11)8(9)12/h6-7,10H,3-5H2,1-2H3,(H2,9,12)/t7-/m0/s1. The molecule has 3 N–H and O–H groups in total. The molecule has 1 rings (SSSR count). The van der Waals surface area contributed by atoms with Crippen LogP contribution in [0.4, 0.5) is 0 Å². The molecule has 0 aliphatic carbocycles. The average molecular weight is 171 g/mol. The van der Waals surface area contributed by atoms with Gasteiger partial charge in [0.2, 0.25) is 5.91 Å². The molecular formula is C8H17N3O. The topological polar surface area (TPSA) is 58.4 Å². The van der Waals surface area contributed by atoms with Crippen molar-refractivity contribution in [1.29, 1.82) is 0 Å². The second-order valence-electron chi connectivity index (χ2n) is 3.50. The monoisotopic (exact) mass is 171 g/mol. The van der Waals surface area contributed by atoms with Gasteiger partial charge in [-0.25, -0.2) is 0 Å². The minimum Gasteiger partial charge on any atom is -0.368 e. The predicted molar refractivity (Wildman–Crippen MR) is 47.7 cm³/mol. The average Bonchev–Trinajstić information content (AvgIpc) is 2.04. The molecule has 1 amide bonds. The lowest BCUT2D eigenvalue weighted by atomic mass is 10.1. The summed E-state index contributed by atoms with van der Waals surface area (Å²) in [5.41, 5.74) is 5.20. The molecule has 4 heteroatoms. The van der Waals surface area contributed by atoms with E-state index in [0.717, 1.165) is 19.6 Å². The van der Waals surface area contributed by atoms with Crippen LogP contribution in [-0.2, 0) is 4.79 Å². The number of primary amides is 1. The Labute approximate surface area is 73.1 Å². The van der Waals surface area contributed by atoms with E-state index >= 15 is 0 Å². The zero-order valence-electron chi connectivity index (χ0n) is 7.71. The van der Waals surface area contributed by atoms with Crippen molar-refractivity contribution in [3.63, 3.8) is 0 Å². The van der Waals surface area contributed by atoms with Gasteiger partial charge in [-0.3, -0.25) is 9.69 Å². The van der Waals surface area contributed by atoms with E-state index in [4.69, 9.17) is 5.73 Å². The molecular weight excluding hydrogens is 154 g/mol. The smallest absolute Gasteiger partial charge is 0.235 e. The van der Waals surface area contributed by atoms with E-state index in [0.29, 0.717) is 6.04 Å². The van der Waals surface area contributed by atoms with E-state index in [1.165, 1.54) is 0 Å². The molecule has 0 saturated carbocycles. The minimum absolute atomic E-state index is 0.166. The van der Waals surface area contributed by atoms with Crippen LogP contribution < -0.4 is 11.1 Å². The van der Waals surface area contributed by atoms with Gasteiger partial charge in [-0.05, 0) is 13.8 Å². The lowest BCUT2D eigenvalue weighted by Gasteiger charge is -2.34. The SMILES string of the molecule is CC(C)N1CCN[C@H](C(N)=O)C1. The summed E-state index contributed by atoms with van der Waals surface area (Å²) in [6.07, 6.45) is 0. The number of piperazine rings is 1. The molecule has 12 heavy (non-hydrogen) atoms. The second kappa shape index (κ2) is 3.87. The number of nitrogens with zero attached hydrogens (tertiary/aromatic N) is 1. The van der Waals surface area contributed by atoms with E-state index < -0.39 is 0 Å². The van der Waals surface area contributed by atoms with E-state index in [-0.39, 0.29) is 11.9 Å². The number of amides is 1. The van der Waals surface area contributed by atoms with Crippen molar-refractivity contribution < 1.29 is 4.79 Å². The fourth-order valence-electron chi connectivity index (χ4n) is 1.43. The molecule has 0 spiro atoms. The van der Waals surface area contributed by atoms with Gasteiger partial charge in [-0.1, -0.05) is 0 Å². The molecule has 0 radical (unpaired) electrons. The summed E-state index contributed by atoms with van der Waals surface area (Å²) in [6, 6.07) is 0.329. The van der Waals surface area contributed by atoms with Gasteiger partial charge < -0.3 is 11.1 Å². The molecule has 0 aromatic rings. The Balaban J connectivity index is 2.46. The van der Waals surface area contributed by atoms with Crippen molar-refractivity contribution in [3.8, 4) is 0 Å². The predicted octanol–water partition coefficient (Wildman–Crippen LogP) is -0.846. The van der Waals surface area contributed by atoms with Crippen LogP contribution >= 0.6 is 0 Å². The Hall–Kier alpha value is -0.610. The summed E-state index contributed by atoms with van der Waals surface area (Å²) in [5.74, 6) is -0.250. The van der Waals surface area contributed by atoms with Crippen molar-refractivity contribution >= 4 is 5.91 Å². The second-order valence-corrected chi connectivity index (χ2v) is 3.50. The van der Waals surface area contributed by atoms with Gasteiger partial charge >= 0.3 is 0 Å². The Kier molecular flexibility index (Phi) is 3.05. The highest BCUT2D eigenvalue weighted by molar-refractivity contribution is 5.80. The van der Waals surface area contributed by atoms with Crippen LogP contribution in [0.25, 0.3) is 0 Å². The molecule has 1 heterocycles. The highest BCUT2D eigenvalue weighted by atomic mass is 16.1. The lowest BCUT2D eigenvalue weighted by molar-refractivity contribution is -0.121. The molecule has 0 bridgehead atoms. The van der Waals surface area contributed by atoms with E-state index in [1.807, 2.05) is 0 Å². The van der Waals surface area contributed by atoms with Gasteiger partial charge in [-0.15, -0.1) is 0 Å². The van der Waals surface area contributed by atoms with E-state index in [2.05, 4.69) is 24.1 Å². The zero-order valence-corrected chi connectivity index (χ0v) is 7.71. The summed E-state index contributed by atoms with van der Waals surface area (Å²) in [7, 11) is 0. The third-order valence-electron chi connectivity index (χ3n) is 2.28. The fourth-order valence-corrected chi connectivity index (χ4v) is 1.43. The Bertz CT molecular complexity index is 170.